The molecule has 2 heterocycles. The Labute approximate surface area is 151 Å². The van der Waals surface area contributed by atoms with Gasteiger partial charge in [-0.25, -0.2) is 0 Å². The number of aromatic nitrogens is 2. The Morgan fingerprint density at radius 2 is 2.00 bits per heavy atom. The fourth-order valence-corrected chi connectivity index (χ4v) is 3.17. The van der Waals surface area contributed by atoms with Gasteiger partial charge in [0.1, 0.15) is 12.3 Å². The van der Waals surface area contributed by atoms with Crippen LogP contribution in [0, 0.1) is 0 Å². The fourth-order valence-electron chi connectivity index (χ4n) is 2.01. The smallest absolute Gasteiger partial charge is 0.252 e. The van der Waals surface area contributed by atoms with Crippen LogP contribution in [0.15, 0.2) is 58.4 Å². The number of benzene rings is 1. The van der Waals surface area contributed by atoms with Crippen LogP contribution >= 0.6 is 27.3 Å². The van der Waals surface area contributed by atoms with Crippen molar-refractivity contribution < 1.29 is 9.53 Å². The molecule has 2 aromatic heterocycles. The molecule has 122 valence electrons. The maximum Gasteiger partial charge on any atom is 0.252 e. The van der Waals surface area contributed by atoms with E-state index in [1.54, 1.807) is 23.5 Å². The third-order valence-electron chi connectivity index (χ3n) is 3.17. The number of hydrogen-bond acceptors (Lipinski definition) is 5. The summed E-state index contributed by atoms with van der Waals surface area (Å²) >= 11 is 4.97. The molecule has 0 aliphatic carbocycles. The van der Waals surface area contributed by atoms with Gasteiger partial charge in [0.15, 0.2) is 0 Å². The van der Waals surface area contributed by atoms with E-state index < -0.39 is 0 Å². The summed E-state index contributed by atoms with van der Waals surface area (Å²) in [6.45, 7) is 0.706. The zero-order valence-corrected chi connectivity index (χ0v) is 15.0. The number of carbonyl (C=O) groups excluding carboxylic acids is 1. The molecule has 0 radical (unpaired) electrons. The van der Waals surface area contributed by atoms with E-state index >= 15 is 0 Å². The highest BCUT2D eigenvalue weighted by molar-refractivity contribution is 9.10. The molecule has 3 aromatic rings. The van der Waals surface area contributed by atoms with Gasteiger partial charge in [-0.2, -0.15) is 0 Å². The molecule has 7 heteroatoms. The summed E-state index contributed by atoms with van der Waals surface area (Å²) in [7, 11) is 0. The summed E-state index contributed by atoms with van der Waals surface area (Å²) in [5, 5.41) is 13.0. The summed E-state index contributed by atoms with van der Waals surface area (Å²) in [6, 6.07) is 14.9. The molecule has 0 unspecified atom stereocenters. The van der Waals surface area contributed by atoms with E-state index in [4.69, 9.17) is 4.74 Å². The van der Waals surface area contributed by atoms with Crippen molar-refractivity contribution in [2.75, 3.05) is 13.2 Å². The van der Waals surface area contributed by atoms with Crippen LogP contribution in [0.3, 0.4) is 0 Å². The average Bonchev–Trinajstić information content (AvgIpc) is 3.14. The van der Waals surface area contributed by atoms with Gasteiger partial charge in [-0.3, -0.25) is 4.79 Å². The van der Waals surface area contributed by atoms with Crippen molar-refractivity contribution in [1.29, 1.82) is 0 Å². The quantitative estimate of drug-likeness (QED) is 0.636. The van der Waals surface area contributed by atoms with E-state index in [9.17, 15) is 4.79 Å². The predicted octanol–water partition coefficient (Wildman–Crippen LogP) is 3.78. The number of rotatable bonds is 6. The van der Waals surface area contributed by atoms with E-state index in [1.807, 2.05) is 41.8 Å². The van der Waals surface area contributed by atoms with E-state index in [1.165, 1.54) is 0 Å². The van der Waals surface area contributed by atoms with Crippen molar-refractivity contribution in [2.24, 2.45) is 0 Å². The Morgan fingerprint density at radius 1 is 1.12 bits per heavy atom. The first-order chi connectivity index (χ1) is 11.7. The van der Waals surface area contributed by atoms with Crippen molar-refractivity contribution in [3.05, 3.63) is 63.9 Å². The predicted molar refractivity (Wildman–Crippen MR) is 97.3 cm³/mol. The van der Waals surface area contributed by atoms with E-state index in [0.29, 0.717) is 24.6 Å². The third kappa shape index (κ3) is 4.18. The van der Waals surface area contributed by atoms with Crippen LogP contribution in [-0.4, -0.2) is 29.3 Å². The molecule has 0 saturated carbocycles. The molecule has 0 saturated heterocycles. The molecule has 0 atom stereocenters. The Kier molecular flexibility index (Phi) is 5.55. The third-order valence-corrected chi connectivity index (χ3v) is 4.75. The van der Waals surface area contributed by atoms with E-state index in [0.717, 1.165) is 15.0 Å². The minimum Gasteiger partial charge on any atom is -0.475 e. The minimum atomic E-state index is -0.148. The van der Waals surface area contributed by atoms with Gasteiger partial charge in [-0.05, 0) is 45.6 Å². The molecule has 0 aliphatic rings. The lowest BCUT2D eigenvalue weighted by molar-refractivity contribution is 0.0945. The number of carbonyl (C=O) groups is 1. The summed E-state index contributed by atoms with van der Waals surface area (Å²) in [4.78, 5) is 13.1. The average molecular weight is 404 g/mol. The lowest BCUT2D eigenvalue weighted by Crippen LogP contribution is -2.28. The number of hydrogen-bond donors (Lipinski definition) is 1. The first kappa shape index (κ1) is 16.6. The number of thiophene rings is 1. The fraction of sp³-hybridized carbons (Fsp3) is 0.118. The normalized spacial score (nSPS) is 10.4. The molecule has 0 fully saturated rings. The highest BCUT2D eigenvalue weighted by Gasteiger charge is 2.08. The lowest BCUT2D eigenvalue weighted by atomic mass is 10.2. The molecule has 1 N–H and O–H groups in total. The number of halogens is 1. The van der Waals surface area contributed by atoms with Gasteiger partial charge in [0.25, 0.3) is 5.91 Å². The number of nitrogens with one attached hydrogen (secondary N) is 1. The summed E-state index contributed by atoms with van der Waals surface area (Å²) in [5.74, 6) is 0.288. The highest BCUT2D eigenvalue weighted by atomic mass is 79.9. The summed E-state index contributed by atoms with van der Waals surface area (Å²) < 4.78 is 6.26. The maximum atomic E-state index is 12.0. The maximum absolute atomic E-state index is 12.0. The molecule has 0 spiro atoms. The van der Waals surface area contributed by atoms with Gasteiger partial charge < -0.3 is 10.1 Å². The second-order valence-electron chi connectivity index (χ2n) is 4.82. The Morgan fingerprint density at radius 3 is 2.71 bits per heavy atom. The van der Waals surface area contributed by atoms with Crippen LogP contribution in [0.5, 0.6) is 5.88 Å². The van der Waals surface area contributed by atoms with Crippen LogP contribution in [0.2, 0.25) is 0 Å². The van der Waals surface area contributed by atoms with Crippen LogP contribution in [0.25, 0.3) is 10.6 Å². The topological polar surface area (TPSA) is 64.1 Å². The minimum absolute atomic E-state index is 0.148. The first-order valence-corrected chi connectivity index (χ1v) is 8.94. The number of ether oxygens (including phenoxy) is 1. The second kappa shape index (κ2) is 8.03. The van der Waals surface area contributed by atoms with E-state index in [-0.39, 0.29) is 5.91 Å². The molecule has 3 rings (SSSR count). The van der Waals surface area contributed by atoms with Crippen LogP contribution in [-0.2, 0) is 0 Å². The Balaban J connectivity index is 1.47. The number of nitrogens with zero attached hydrogens (tertiary/aromatic N) is 2. The Bertz CT molecular complexity index is 807. The second-order valence-corrected chi connectivity index (χ2v) is 6.62. The van der Waals surface area contributed by atoms with Gasteiger partial charge in [0, 0.05) is 10.5 Å². The van der Waals surface area contributed by atoms with Crippen molar-refractivity contribution in [3.63, 3.8) is 0 Å². The largest absolute Gasteiger partial charge is 0.475 e. The van der Waals surface area contributed by atoms with E-state index in [2.05, 4.69) is 31.4 Å². The monoisotopic (exact) mass is 403 g/mol. The Hall–Kier alpha value is -2.25. The molecule has 5 nitrogen and oxygen atoms in total. The van der Waals surface area contributed by atoms with Crippen molar-refractivity contribution in [1.82, 2.24) is 15.5 Å². The summed E-state index contributed by atoms with van der Waals surface area (Å²) in [6.07, 6.45) is 0. The van der Waals surface area contributed by atoms with Crippen LogP contribution in [0.4, 0.5) is 0 Å². The van der Waals surface area contributed by atoms with Gasteiger partial charge in [-0.1, -0.05) is 18.2 Å². The SMILES string of the molecule is O=C(NCCOc1ccc(-c2cccs2)nn1)c1ccccc1Br. The molecule has 1 amide bonds. The highest BCUT2D eigenvalue weighted by Crippen LogP contribution is 2.22. The zero-order chi connectivity index (χ0) is 16.8. The first-order valence-electron chi connectivity index (χ1n) is 7.27. The van der Waals surface area contributed by atoms with Gasteiger partial charge in [0.2, 0.25) is 5.88 Å². The van der Waals surface area contributed by atoms with Crippen LogP contribution in [0.1, 0.15) is 10.4 Å². The summed E-state index contributed by atoms with van der Waals surface area (Å²) in [5.41, 5.74) is 1.41. The lowest BCUT2D eigenvalue weighted by Gasteiger charge is -2.08. The molecular formula is C17H14BrN3O2S. The standard InChI is InChI=1S/C17H14BrN3O2S/c18-13-5-2-1-4-12(13)17(22)19-9-10-23-16-8-7-14(20-21-16)15-6-3-11-24-15/h1-8,11H,9-10H2,(H,19,22). The molecule has 0 aliphatic heterocycles. The molecular weight excluding hydrogens is 390 g/mol. The molecule has 0 bridgehead atoms. The molecule has 24 heavy (non-hydrogen) atoms. The van der Waals surface area contributed by atoms with Crippen molar-refractivity contribution >= 4 is 33.2 Å². The van der Waals surface area contributed by atoms with Crippen molar-refractivity contribution in [3.8, 4) is 16.5 Å². The zero-order valence-electron chi connectivity index (χ0n) is 12.6. The van der Waals surface area contributed by atoms with Gasteiger partial charge in [0.05, 0.1) is 17.0 Å². The van der Waals surface area contributed by atoms with Gasteiger partial charge >= 0.3 is 0 Å². The van der Waals surface area contributed by atoms with Crippen LogP contribution < -0.4 is 10.1 Å². The van der Waals surface area contributed by atoms with Gasteiger partial charge in [-0.15, -0.1) is 21.5 Å². The van der Waals surface area contributed by atoms with Crippen molar-refractivity contribution in [2.45, 2.75) is 0 Å². The number of amides is 1. The molecule has 1 aromatic carbocycles.